The van der Waals surface area contributed by atoms with Crippen LogP contribution in [0, 0.1) is 0 Å². The zero-order chi connectivity index (χ0) is 29.5. The highest BCUT2D eigenvalue weighted by molar-refractivity contribution is 6.31. The quantitative estimate of drug-likeness (QED) is 0.285. The number of aromatic nitrogens is 4. The lowest BCUT2D eigenvalue weighted by Gasteiger charge is -2.27. The van der Waals surface area contributed by atoms with Crippen LogP contribution in [-0.2, 0) is 18.9 Å². The Bertz CT molecular complexity index is 1540. The second-order valence-electron chi connectivity index (χ2n) is 9.42. The Kier molecular flexibility index (Phi) is 7.51. The zero-order valence-electron chi connectivity index (χ0n) is 20.9. The van der Waals surface area contributed by atoms with Crippen LogP contribution in [0.3, 0.4) is 0 Å². The van der Waals surface area contributed by atoms with Crippen LogP contribution in [0.1, 0.15) is 45.2 Å². The molecule has 1 aliphatic heterocycles. The number of hydrogen-bond donors (Lipinski definition) is 1. The number of pyridine rings is 1. The van der Waals surface area contributed by atoms with Gasteiger partial charge in [0.05, 0.1) is 29.8 Å². The van der Waals surface area contributed by atoms with E-state index < -0.39 is 48.1 Å². The van der Waals surface area contributed by atoms with Gasteiger partial charge in [0, 0.05) is 29.5 Å². The van der Waals surface area contributed by atoms with E-state index in [1.807, 2.05) is 0 Å². The lowest BCUT2D eigenvalue weighted by molar-refractivity contribution is -0.143. The Hall–Kier alpha value is -3.97. The van der Waals surface area contributed by atoms with Gasteiger partial charge in [-0.3, -0.25) is 9.78 Å². The molecular formula is C27H20ClF6N5O2. The van der Waals surface area contributed by atoms with Gasteiger partial charge in [0.1, 0.15) is 5.69 Å². The Balaban J connectivity index is 1.59. The van der Waals surface area contributed by atoms with E-state index in [1.165, 1.54) is 29.4 Å². The van der Waals surface area contributed by atoms with Gasteiger partial charge in [-0.05, 0) is 53.9 Å². The average Bonchev–Trinajstić information content (AvgIpc) is 3.51. The van der Waals surface area contributed by atoms with Crippen molar-refractivity contribution in [2.75, 3.05) is 6.54 Å². The third-order valence-electron chi connectivity index (χ3n) is 6.72. The van der Waals surface area contributed by atoms with E-state index in [0.717, 1.165) is 4.68 Å². The van der Waals surface area contributed by atoms with E-state index in [0.29, 0.717) is 28.3 Å². The number of aliphatic hydroxyl groups excluding tert-OH is 1. The first kappa shape index (κ1) is 28.6. The largest absolute Gasteiger partial charge is 0.416 e. The highest BCUT2D eigenvalue weighted by Crippen LogP contribution is 2.39. The first-order valence-electron chi connectivity index (χ1n) is 12.2. The van der Waals surface area contributed by atoms with Crippen molar-refractivity contribution in [3.8, 4) is 11.3 Å². The molecule has 5 rings (SSSR count). The van der Waals surface area contributed by atoms with Crippen molar-refractivity contribution < 1.29 is 36.2 Å². The summed E-state index contributed by atoms with van der Waals surface area (Å²) in [7, 11) is 0. The van der Waals surface area contributed by atoms with Crippen LogP contribution in [0.25, 0.3) is 11.3 Å². The molecule has 4 aromatic rings. The minimum absolute atomic E-state index is 0.0388. The summed E-state index contributed by atoms with van der Waals surface area (Å²) in [5, 5.41) is 19.0. The van der Waals surface area contributed by atoms with Crippen LogP contribution in [0.2, 0.25) is 5.02 Å². The Morgan fingerprint density at radius 1 is 0.976 bits per heavy atom. The number of likely N-dealkylation sites (tertiary alicyclic amines) is 1. The highest BCUT2D eigenvalue weighted by Gasteiger charge is 2.41. The number of amides is 1. The van der Waals surface area contributed by atoms with Crippen molar-refractivity contribution >= 4 is 17.5 Å². The van der Waals surface area contributed by atoms with Crippen LogP contribution in [0.15, 0.2) is 67.0 Å². The second kappa shape index (κ2) is 10.8. The summed E-state index contributed by atoms with van der Waals surface area (Å²) in [5.74, 6) is -0.649. The van der Waals surface area contributed by atoms with E-state index in [2.05, 4.69) is 15.3 Å². The molecule has 214 valence electrons. The molecule has 1 fully saturated rings. The molecule has 14 heteroatoms. The number of carbonyl (C=O) groups excluding carboxylic acids is 1. The van der Waals surface area contributed by atoms with Crippen molar-refractivity contribution in [3.05, 3.63) is 100.0 Å². The van der Waals surface area contributed by atoms with Gasteiger partial charge in [0.15, 0.2) is 5.69 Å². The number of nitrogens with zero attached hydrogens (tertiary/aromatic N) is 5. The first-order valence-corrected chi connectivity index (χ1v) is 12.6. The van der Waals surface area contributed by atoms with Gasteiger partial charge in [0.25, 0.3) is 5.91 Å². The van der Waals surface area contributed by atoms with Crippen LogP contribution >= 0.6 is 11.6 Å². The normalized spacial score (nSPS) is 17.7. The Labute approximate surface area is 234 Å². The van der Waals surface area contributed by atoms with E-state index in [4.69, 9.17) is 11.6 Å². The van der Waals surface area contributed by atoms with Gasteiger partial charge < -0.3 is 10.0 Å². The fraction of sp³-hybridized carbons (Fsp3) is 0.259. The number of benzene rings is 2. The molecule has 1 saturated heterocycles. The molecule has 1 N–H and O–H groups in total. The van der Waals surface area contributed by atoms with Gasteiger partial charge in [0.2, 0.25) is 0 Å². The molecular weight excluding hydrogens is 576 g/mol. The van der Waals surface area contributed by atoms with Crippen molar-refractivity contribution in [2.24, 2.45) is 0 Å². The monoisotopic (exact) mass is 595 g/mol. The molecule has 2 aromatic heterocycles. The summed E-state index contributed by atoms with van der Waals surface area (Å²) in [6, 6.07) is 10.1. The molecule has 0 bridgehead atoms. The topological polar surface area (TPSA) is 84.1 Å². The predicted octanol–water partition coefficient (Wildman–Crippen LogP) is 6.03. The molecule has 2 atom stereocenters. The molecule has 0 radical (unpaired) electrons. The number of halogens is 7. The van der Waals surface area contributed by atoms with Crippen molar-refractivity contribution in [3.63, 3.8) is 0 Å². The standard InChI is InChI=1S/C27H20ClF6N5O2/c28-20-4-2-1-3-19(20)24-21(40)7-10-38(24)25(41)22-23(16-5-8-35-9-6-16)39(37-36-22)14-15-11-17(26(29,30)31)13-18(12-15)27(32,33)34/h1-6,8-9,11-13,21,24,40H,7,10,14H2/t21-,24-/m1/s1. The highest BCUT2D eigenvalue weighted by atomic mass is 35.5. The van der Waals surface area contributed by atoms with Crippen LogP contribution < -0.4 is 0 Å². The molecule has 0 aliphatic carbocycles. The number of alkyl halides is 6. The van der Waals surface area contributed by atoms with Crippen molar-refractivity contribution in [1.82, 2.24) is 24.9 Å². The van der Waals surface area contributed by atoms with Crippen LogP contribution in [0.5, 0.6) is 0 Å². The van der Waals surface area contributed by atoms with E-state index >= 15 is 0 Å². The first-order chi connectivity index (χ1) is 19.3. The molecule has 2 aromatic carbocycles. The Morgan fingerprint density at radius 2 is 1.61 bits per heavy atom. The minimum atomic E-state index is -5.03. The van der Waals surface area contributed by atoms with Crippen molar-refractivity contribution in [1.29, 1.82) is 0 Å². The summed E-state index contributed by atoms with van der Waals surface area (Å²) >= 11 is 6.35. The molecule has 1 amide bonds. The minimum Gasteiger partial charge on any atom is -0.391 e. The summed E-state index contributed by atoms with van der Waals surface area (Å²) in [5.41, 5.74) is -2.58. The maximum absolute atomic E-state index is 13.9. The summed E-state index contributed by atoms with van der Waals surface area (Å²) in [6.07, 6.45) is -7.96. The lowest BCUT2D eigenvalue weighted by atomic mass is 10.0. The van der Waals surface area contributed by atoms with Crippen LogP contribution in [0.4, 0.5) is 26.3 Å². The van der Waals surface area contributed by atoms with Gasteiger partial charge in [-0.2, -0.15) is 26.3 Å². The van der Waals surface area contributed by atoms with E-state index in [1.54, 1.807) is 24.3 Å². The van der Waals surface area contributed by atoms with E-state index in [9.17, 15) is 36.2 Å². The SMILES string of the molecule is O=C(c1nnn(Cc2cc(C(F)(F)F)cc(C(F)(F)F)c2)c1-c1ccncc1)N1CC[C@@H](O)[C@H]1c1ccccc1Cl. The Morgan fingerprint density at radius 3 is 2.22 bits per heavy atom. The van der Waals surface area contributed by atoms with E-state index in [-0.39, 0.29) is 36.0 Å². The van der Waals surface area contributed by atoms with Gasteiger partial charge in [-0.15, -0.1) is 5.10 Å². The molecule has 0 spiro atoms. The fourth-order valence-electron chi connectivity index (χ4n) is 4.88. The maximum atomic E-state index is 13.9. The number of aliphatic hydroxyl groups is 1. The fourth-order valence-corrected chi connectivity index (χ4v) is 5.12. The number of rotatable bonds is 5. The molecule has 0 saturated carbocycles. The molecule has 41 heavy (non-hydrogen) atoms. The summed E-state index contributed by atoms with van der Waals surface area (Å²) in [6.45, 7) is -0.414. The number of carbonyl (C=O) groups is 1. The molecule has 3 heterocycles. The van der Waals surface area contributed by atoms with Gasteiger partial charge in [-0.25, -0.2) is 4.68 Å². The third-order valence-corrected chi connectivity index (χ3v) is 7.07. The third kappa shape index (κ3) is 5.77. The van der Waals surface area contributed by atoms with Gasteiger partial charge >= 0.3 is 12.4 Å². The molecule has 7 nitrogen and oxygen atoms in total. The molecule has 1 aliphatic rings. The average molecular weight is 596 g/mol. The second-order valence-corrected chi connectivity index (χ2v) is 9.82. The molecule has 0 unspecified atom stereocenters. The van der Waals surface area contributed by atoms with Gasteiger partial charge in [-0.1, -0.05) is 35.0 Å². The number of hydrogen-bond acceptors (Lipinski definition) is 5. The zero-order valence-corrected chi connectivity index (χ0v) is 21.6. The summed E-state index contributed by atoms with van der Waals surface area (Å²) < 4.78 is 81.8. The van der Waals surface area contributed by atoms with Crippen LogP contribution in [-0.4, -0.2) is 48.5 Å². The van der Waals surface area contributed by atoms with Crippen molar-refractivity contribution in [2.45, 2.75) is 37.5 Å². The smallest absolute Gasteiger partial charge is 0.391 e. The maximum Gasteiger partial charge on any atom is 0.416 e. The lowest BCUT2D eigenvalue weighted by Crippen LogP contribution is -2.34. The predicted molar refractivity (Wildman–Crippen MR) is 135 cm³/mol. The summed E-state index contributed by atoms with van der Waals surface area (Å²) in [4.78, 5) is 19.2.